The fourth-order valence-electron chi connectivity index (χ4n) is 1.79. The molecule has 2 aromatic rings. The zero-order chi connectivity index (χ0) is 14.2. The number of carbonyl (C=O) groups excluding carboxylic acids is 1. The van der Waals surface area contributed by atoms with Gasteiger partial charge in [0.25, 0.3) is 0 Å². The Balaban J connectivity index is 2.81. The van der Waals surface area contributed by atoms with E-state index in [0.29, 0.717) is 9.99 Å². The van der Waals surface area contributed by atoms with Crippen LogP contribution in [0, 0.1) is 0 Å². The van der Waals surface area contributed by atoms with Gasteiger partial charge < -0.3 is 14.2 Å². The third kappa shape index (κ3) is 2.30. The predicted octanol–water partition coefficient (Wildman–Crippen LogP) is 0.924. The van der Waals surface area contributed by atoms with Gasteiger partial charge in [-0.05, 0) is 35.7 Å². The Morgan fingerprint density at radius 2 is 2.32 bits per heavy atom. The van der Waals surface area contributed by atoms with Crippen LogP contribution in [0.25, 0.3) is 11.2 Å². The highest BCUT2D eigenvalue weighted by atomic mass is 79.9. The summed E-state index contributed by atoms with van der Waals surface area (Å²) in [5.74, 6) is 0. The molecule has 9 heteroatoms. The molecule has 0 aliphatic heterocycles. The van der Waals surface area contributed by atoms with Gasteiger partial charge in [0.2, 0.25) is 0 Å². The molecule has 0 atom stereocenters. The van der Waals surface area contributed by atoms with Gasteiger partial charge in [-0.15, -0.1) is 0 Å². The maximum atomic E-state index is 12.2. The molecule has 0 unspecified atom stereocenters. The van der Waals surface area contributed by atoms with E-state index >= 15 is 0 Å². The topological polar surface area (TPSA) is 86.3 Å². The summed E-state index contributed by atoms with van der Waals surface area (Å²) in [5, 5.41) is 9.67. The standard InChI is InChI=1S/C10H11BBrN3O4/c1-3-19-10(17)14-8-7(4-6(12)5-13-8)15(9(14)16)11(2)18/h4-5,18H,3H2,1-2H3. The molecule has 0 spiro atoms. The number of pyridine rings is 1. The third-order valence-corrected chi connectivity index (χ3v) is 2.94. The highest BCUT2D eigenvalue weighted by Gasteiger charge is 2.24. The first-order chi connectivity index (χ1) is 8.97. The summed E-state index contributed by atoms with van der Waals surface area (Å²) < 4.78 is 7.33. The van der Waals surface area contributed by atoms with Crippen LogP contribution in [-0.2, 0) is 4.74 Å². The molecule has 2 aromatic heterocycles. The highest BCUT2D eigenvalue weighted by molar-refractivity contribution is 9.10. The molecular weight excluding hydrogens is 317 g/mol. The van der Waals surface area contributed by atoms with Gasteiger partial charge in [-0.25, -0.2) is 14.6 Å². The van der Waals surface area contributed by atoms with Crippen LogP contribution >= 0.6 is 15.9 Å². The number of rotatable bonds is 2. The van der Waals surface area contributed by atoms with Crippen LogP contribution in [0.2, 0.25) is 6.82 Å². The lowest BCUT2D eigenvalue weighted by atomic mass is 9.88. The van der Waals surface area contributed by atoms with Gasteiger partial charge in [0.05, 0.1) is 12.1 Å². The molecule has 0 aromatic carbocycles. The van der Waals surface area contributed by atoms with E-state index in [4.69, 9.17) is 4.74 Å². The Kier molecular flexibility index (Phi) is 3.77. The van der Waals surface area contributed by atoms with E-state index in [2.05, 4.69) is 20.9 Å². The van der Waals surface area contributed by atoms with E-state index < -0.39 is 18.8 Å². The SMILES string of the molecule is CCOC(=O)n1c(=O)n(B(C)O)c2cc(Br)cnc21. The molecular formula is C10H11BBrN3O4. The molecule has 0 fully saturated rings. The number of hydrogen-bond acceptors (Lipinski definition) is 5. The number of fused-ring (bicyclic) bond motifs is 1. The summed E-state index contributed by atoms with van der Waals surface area (Å²) in [4.78, 5) is 28.0. The third-order valence-electron chi connectivity index (χ3n) is 2.51. The molecule has 7 nitrogen and oxygen atoms in total. The zero-order valence-electron chi connectivity index (χ0n) is 10.3. The maximum Gasteiger partial charge on any atom is 0.423 e. The van der Waals surface area contributed by atoms with Crippen molar-refractivity contribution in [2.75, 3.05) is 6.61 Å². The van der Waals surface area contributed by atoms with E-state index in [0.717, 1.165) is 9.05 Å². The van der Waals surface area contributed by atoms with E-state index in [9.17, 15) is 14.6 Å². The first kappa shape index (κ1) is 13.8. The van der Waals surface area contributed by atoms with Crippen molar-refractivity contribution in [2.24, 2.45) is 0 Å². The van der Waals surface area contributed by atoms with E-state index in [1.165, 1.54) is 13.0 Å². The van der Waals surface area contributed by atoms with Crippen molar-refractivity contribution in [2.45, 2.75) is 13.7 Å². The summed E-state index contributed by atoms with van der Waals surface area (Å²) in [5.41, 5.74) is -0.191. The zero-order valence-corrected chi connectivity index (χ0v) is 11.9. The smallest absolute Gasteiger partial charge is 0.423 e. The minimum atomic E-state index is -1.08. The van der Waals surface area contributed by atoms with E-state index in [1.54, 1.807) is 13.0 Å². The van der Waals surface area contributed by atoms with Crippen molar-refractivity contribution in [3.63, 3.8) is 0 Å². The molecule has 1 N–H and O–H groups in total. The average molecular weight is 328 g/mol. The van der Waals surface area contributed by atoms with Crippen molar-refractivity contribution in [3.8, 4) is 0 Å². The summed E-state index contributed by atoms with van der Waals surface area (Å²) in [6, 6.07) is 1.60. The fourth-order valence-corrected chi connectivity index (χ4v) is 2.11. The second kappa shape index (κ2) is 5.18. The lowest BCUT2D eigenvalue weighted by Crippen LogP contribution is -2.36. The number of ether oxygens (including phenoxy) is 1. The molecule has 0 saturated heterocycles. The molecule has 0 bridgehead atoms. The van der Waals surface area contributed by atoms with Crippen molar-refractivity contribution in [1.82, 2.24) is 14.0 Å². The Morgan fingerprint density at radius 1 is 1.63 bits per heavy atom. The summed E-state index contributed by atoms with van der Waals surface area (Å²) in [7, 11) is -1.08. The van der Waals surface area contributed by atoms with Gasteiger partial charge >= 0.3 is 18.8 Å². The average Bonchev–Trinajstić information content (AvgIpc) is 2.60. The Morgan fingerprint density at radius 3 is 2.89 bits per heavy atom. The summed E-state index contributed by atoms with van der Waals surface area (Å²) in [6.45, 7) is 3.21. The van der Waals surface area contributed by atoms with Crippen LogP contribution in [0.3, 0.4) is 0 Å². The number of nitrogens with zero attached hydrogens (tertiary/aromatic N) is 3. The summed E-state index contributed by atoms with van der Waals surface area (Å²) >= 11 is 3.23. The fraction of sp³-hybridized carbons (Fsp3) is 0.300. The molecule has 2 heterocycles. The van der Waals surface area contributed by atoms with Gasteiger partial charge in [-0.3, -0.25) is 0 Å². The molecule has 0 amide bonds. The van der Waals surface area contributed by atoms with Crippen LogP contribution in [0.1, 0.15) is 6.92 Å². The van der Waals surface area contributed by atoms with Crippen molar-refractivity contribution in [3.05, 3.63) is 27.2 Å². The second-order valence-corrected chi connectivity index (χ2v) is 4.73. The monoisotopic (exact) mass is 327 g/mol. The lowest BCUT2D eigenvalue weighted by Gasteiger charge is -2.01. The first-order valence-corrected chi connectivity index (χ1v) is 6.40. The van der Waals surface area contributed by atoms with Crippen molar-refractivity contribution >= 4 is 40.2 Å². The highest BCUT2D eigenvalue weighted by Crippen LogP contribution is 2.17. The lowest BCUT2D eigenvalue weighted by molar-refractivity contribution is 0.154. The molecule has 19 heavy (non-hydrogen) atoms. The van der Waals surface area contributed by atoms with E-state index in [-0.39, 0.29) is 12.3 Å². The number of aromatic nitrogens is 3. The number of hydrogen-bond donors (Lipinski definition) is 1. The normalized spacial score (nSPS) is 10.7. The van der Waals surface area contributed by atoms with Crippen LogP contribution in [0.5, 0.6) is 0 Å². The minimum Gasteiger partial charge on any atom is -0.449 e. The van der Waals surface area contributed by atoms with Gasteiger partial charge in [-0.2, -0.15) is 4.57 Å². The first-order valence-electron chi connectivity index (χ1n) is 5.61. The van der Waals surface area contributed by atoms with Crippen LogP contribution < -0.4 is 5.69 Å². The van der Waals surface area contributed by atoms with E-state index in [1.807, 2.05) is 0 Å². The quantitative estimate of drug-likeness (QED) is 0.829. The van der Waals surface area contributed by atoms with Crippen molar-refractivity contribution < 1.29 is 14.6 Å². The Labute approximate surface area is 117 Å². The number of halogens is 1. The molecule has 0 radical (unpaired) electrons. The van der Waals surface area contributed by atoms with Crippen LogP contribution in [0.15, 0.2) is 21.5 Å². The van der Waals surface area contributed by atoms with Gasteiger partial charge in [-0.1, -0.05) is 0 Å². The largest absolute Gasteiger partial charge is 0.449 e. The van der Waals surface area contributed by atoms with Crippen LogP contribution in [-0.4, -0.2) is 38.8 Å². The Bertz CT molecular complexity index is 694. The van der Waals surface area contributed by atoms with Gasteiger partial charge in [0.15, 0.2) is 5.65 Å². The predicted molar refractivity (Wildman–Crippen MR) is 73.3 cm³/mol. The van der Waals surface area contributed by atoms with Crippen molar-refractivity contribution in [1.29, 1.82) is 0 Å². The van der Waals surface area contributed by atoms with Crippen LogP contribution in [0.4, 0.5) is 4.79 Å². The molecule has 0 aliphatic carbocycles. The van der Waals surface area contributed by atoms with Gasteiger partial charge in [0, 0.05) is 10.7 Å². The minimum absolute atomic E-state index is 0.142. The molecule has 0 aliphatic rings. The second-order valence-electron chi connectivity index (χ2n) is 3.82. The molecule has 0 saturated carbocycles. The number of imidazole rings is 1. The van der Waals surface area contributed by atoms with Gasteiger partial charge in [0.1, 0.15) is 0 Å². The maximum absolute atomic E-state index is 12.2. The number of carbonyl (C=O) groups is 1. The molecule has 2 rings (SSSR count). The molecule has 100 valence electrons. The Hall–Kier alpha value is -1.61. The summed E-state index contributed by atoms with van der Waals surface area (Å²) in [6.07, 6.45) is 0.649.